The third-order valence-electron chi connectivity index (χ3n) is 8.01. The minimum absolute atomic E-state index is 0.0467. The zero-order chi connectivity index (χ0) is 27.0. The van der Waals surface area contributed by atoms with Crippen LogP contribution in [0.15, 0.2) is 30.3 Å². The van der Waals surface area contributed by atoms with Crippen LogP contribution in [-0.4, -0.2) is 45.7 Å². The fourth-order valence-electron chi connectivity index (χ4n) is 6.12. The van der Waals surface area contributed by atoms with Gasteiger partial charge in [-0.3, -0.25) is 9.69 Å². The third kappa shape index (κ3) is 5.00. The van der Waals surface area contributed by atoms with Gasteiger partial charge in [0.1, 0.15) is 11.6 Å². The molecule has 1 fully saturated rings. The van der Waals surface area contributed by atoms with E-state index in [0.29, 0.717) is 12.3 Å². The number of rotatable bonds is 6. The molecule has 0 unspecified atom stereocenters. The standard InChI is InChI=1S/C30H38N4O4/c1-18(2)38-28-8-6-7-22(31-28)17-27-32-29-24-14-9-19(3)33(30(36)37-5)25(24)15-16-26(29)34(27)23-12-10-21(11-13-23)20(4)35/h6-8,15-16,18-19,21,23H,9-14,17H2,1-5H3/t19-,21?,23?/m0/s1. The molecule has 202 valence electrons. The van der Waals surface area contributed by atoms with Crippen molar-refractivity contribution >= 4 is 28.6 Å². The number of pyridine rings is 1. The van der Waals surface area contributed by atoms with Gasteiger partial charge in [-0.15, -0.1) is 0 Å². The molecule has 1 aliphatic carbocycles. The molecule has 3 aromatic rings. The number of anilines is 1. The summed E-state index contributed by atoms with van der Waals surface area (Å²) in [6.07, 6.45) is 5.65. The van der Waals surface area contributed by atoms with Gasteiger partial charge in [0.15, 0.2) is 0 Å². The number of imidazole rings is 1. The van der Waals surface area contributed by atoms with E-state index < -0.39 is 0 Å². The van der Waals surface area contributed by atoms with Gasteiger partial charge in [0.05, 0.1) is 35.6 Å². The molecule has 3 heterocycles. The average Bonchev–Trinajstić information content (AvgIpc) is 3.26. The molecule has 0 N–H and O–H groups in total. The summed E-state index contributed by atoms with van der Waals surface area (Å²) >= 11 is 0. The Morgan fingerprint density at radius 1 is 1.05 bits per heavy atom. The second kappa shape index (κ2) is 10.8. The Balaban J connectivity index is 1.59. The molecule has 5 rings (SSSR count). The summed E-state index contributed by atoms with van der Waals surface area (Å²) in [5, 5.41) is 0. The van der Waals surface area contributed by atoms with E-state index in [9.17, 15) is 9.59 Å². The lowest BCUT2D eigenvalue weighted by atomic mass is 9.83. The molecule has 1 atom stereocenters. The largest absolute Gasteiger partial charge is 0.475 e. The van der Waals surface area contributed by atoms with E-state index in [1.165, 1.54) is 7.11 Å². The number of amides is 1. The molecule has 2 aliphatic rings. The molecule has 0 saturated heterocycles. The van der Waals surface area contributed by atoms with Crippen molar-refractivity contribution in [1.82, 2.24) is 14.5 Å². The van der Waals surface area contributed by atoms with Crippen molar-refractivity contribution in [2.45, 2.75) is 90.8 Å². The maximum atomic E-state index is 12.7. The summed E-state index contributed by atoms with van der Waals surface area (Å²) < 4.78 is 13.3. The van der Waals surface area contributed by atoms with Crippen molar-refractivity contribution in [1.29, 1.82) is 0 Å². The van der Waals surface area contributed by atoms with Gasteiger partial charge < -0.3 is 14.0 Å². The van der Waals surface area contributed by atoms with Crippen LogP contribution in [0.4, 0.5) is 10.5 Å². The first-order chi connectivity index (χ1) is 18.3. The summed E-state index contributed by atoms with van der Waals surface area (Å²) in [6.45, 7) is 7.75. The maximum absolute atomic E-state index is 12.7. The van der Waals surface area contributed by atoms with Crippen LogP contribution in [-0.2, 0) is 22.4 Å². The number of carbonyl (C=O) groups excluding carboxylic acids is 2. The van der Waals surface area contributed by atoms with Gasteiger partial charge in [0.25, 0.3) is 0 Å². The molecule has 0 radical (unpaired) electrons. The normalized spacial score (nSPS) is 21.4. The number of aromatic nitrogens is 3. The van der Waals surface area contributed by atoms with E-state index in [-0.39, 0.29) is 36.0 Å². The fourth-order valence-corrected chi connectivity index (χ4v) is 6.12. The van der Waals surface area contributed by atoms with Crippen molar-refractivity contribution in [3.63, 3.8) is 0 Å². The predicted molar refractivity (Wildman–Crippen MR) is 147 cm³/mol. The first-order valence-corrected chi connectivity index (χ1v) is 13.8. The molecule has 0 spiro atoms. The van der Waals surface area contributed by atoms with Gasteiger partial charge in [-0.1, -0.05) is 6.07 Å². The molecular weight excluding hydrogens is 480 g/mol. The highest BCUT2D eigenvalue weighted by Gasteiger charge is 2.33. The van der Waals surface area contributed by atoms with Crippen molar-refractivity contribution in [2.75, 3.05) is 12.0 Å². The molecule has 2 aromatic heterocycles. The molecule has 0 bridgehead atoms. The summed E-state index contributed by atoms with van der Waals surface area (Å²) in [4.78, 5) is 36.4. The minimum Gasteiger partial charge on any atom is -0.475 e. The first kappa shape index (κ1) is 26.2. The molecule has 1 aromatic carbocycles. The highest BCUT2D eigenvalue weighted by molar-refractivity contribution is 5.95. The third-order valence-corrected chi connectivity index (χ3v) is 8.01. The lowest BCUT2D eigenvalue weighted by Crippen LogP contribution is -2.42. The SMILES string of the molecule is COC(=O)N1c2ccc3c(nc(Cc4cccc(OC(C)C)n4)n3C3CCC(C(C)=O)CC3)c2CC[C@@H]1C. The van der Waals surface area contributed by atoms with Gasteiger partial charge in [0.2, 0.25) is 5.88 Å². The van der Waals surface area contributed by atoms with Crippen LogP contribution in [0.2, 0.25) is 0 Å². The lowest BCUT2D eigenvalue weighted by Gasteiger charge is -2.34. The molecule has 1 aliphatic heterocycles. The number of hydrogen-bond acceptors (Lipinski definition) is 6. The van der Waals surface area contributed by atoms with E-state index in [4.69, 9.17) is 19.4 Å². The Morgan fingerprint density at radius 2 is 1.82 bits per heavy atom. The molecular formula is C30H38N4O4. The van der Waals surface area contributed by atoms with E-state index in [2.05, 4.69) is 17.6 Å². The molecule has 38 heavy (non-hydrogen) atoms. The smallest absolute Gasteiger partial charge is 0.414 e. The zero-order valence-corrected chi connectivity index (χ0v) is 23.1. The summed E-state index contributed by atoms with van der Waals surface area (Å²) in [6, 6.07) is 10.3. The number of benzene rings is 1. The molecule has 8 nitrogen and oxygen atoms in total. The Morgan fingerprint density at radius 3 is 2.50 bits per heavy atom. The Hall–Kier alpha value is -3.42. The van der Waals surface area contributed by atoms with Crippen molar-refractivity contribution in [3.05, 3.63) is 47.4 Å². The van der Waals surface area contributed by atoms with E-state index in [0.717, 1.165) is 72.3 Å². The monoisotopic (exact) mass is 518 g/mol. The second-order valence-corrected chi connectivity index (χ2v) is 11.0. The average molecular weight is 519 g/mol. The number of ether oxygens (including phenoxy) is 2. The highest BCUT2D eigenvalue weighted by atomic mass is 16.5. The van der Waals surface area contributed by atoms with Crippen LogP contribution in [0.3, 0.4) is 0 Å². The highest BCUT2D eigenvalue weighted by Crippen LogP contribution is 2.40. The zero-order valence-electron chi connectivity index (χ0n) is 23.1. The number of ketones is 1. The number of aryl methyl sites for hydroxylation is 1. The van der Waals surface area contributed by atoms with E-state index in [1.54, 1.807) is 11.8 Å². The number of methoxy groups -OCH3 is 1. The molecule has 8 heteroatoms. The second-order valence-electron chi connectivity index (χ2n) is 11.0. The minimum atomic E-state index is -0.342. The quantitative estimate of drug-likeness (QED) is 0.396. The fraction of sp³-hybridized carbons (Fsp3) is 0.533. The first-order valence-electron chi connectivity index (χ1n) is 13.8. The van der Waals surface area contributed by atoms with Gasteiger partial charge in [-0.05, 0) is 84.4 Å². The number of carbonyl (C=O) groups is 2. The Kier molecular flexibility index (Phi) is 7.41. The van der Waals surface area contributed by atoms with Crippen LogP contribution < -0.4 is 9.64 Å². The van der Waals surface area contributed by atoms with Gasteiger partial charge >= 0.3 is 6.09 Å². The van der Waals surface area contributed by atoms with Crippen LogP contribution in [0.25, 0.3) is 11.0 Å². The van der Waals surface area contributed by atoms with Crippen LogP contribution in [0, 0.1) is 5.92 Å². The summed E-state index contributed by atoms with van der Waals surface area (Å²) in [5.74, 6) is 2.01. The number of fused-ring (bicyclic) bond motifs is 3. The number of Topliss-reactive ketones (excluding diaryl/α,β-unsaturated/α-hetero) is 1. The summed E-state index contributed by atoms with van der Waals surface area (Å²) in [5.41, 5.74) is 4.90. The van der Waals surface area contributed by atoms with Gasteiger partial charge in [-0.25, -0.2) is 14.8 Å². The van der Waals surface area contributed by atoms with Crippen molar-refractivity contribution in [3.8, 4) is 5.88 Å². The molecule has 1 saturated carbocycles. The lowest BCUT2D eigenvalue weighted by molar-refractivity contribution is -0.121. The maximum Gasteiger partial charge on any atom is 0.414 e. The van der Waals surface area contributed by atoms with E-state index in [1.807, 2.05) is 38.1 Å². The van der Waals surface area contributed by atoms with Crippen LogP contribution >= 0.6 is 0 Å². The van der Waals surface area contributed by atoms with Crippen molar-refractivity contribution < 1.29 is 19.1 Å². The van der Waals surface area contributed by atoms with Crippen molar-refractivity contribution in [2.24, 2.45) is 5.92 Å². The Labute approximate surface area is 224 Å². The van der Waals surface area contributed by atoms with Crippen LogP contribution in [0.1, 0.15) is 82.9 Å². The van der Waals surface area contributed by atoms with Crippen LogP contribution in [0.5, 0.6) is 5.88 Å². The van der Waals surface area contributed by atoms with Gasteiger partial charge in [-0.2, -0.15) is 0 Å². The Bertz CT molecular complexity index is 1340. The summed E-state index contributed by atoms with van der Waals surface area (Å²) in [7, 11) is 1.43. The molecule has 1 amide bonds. The topological polar surface area (TPSA) is 86.5 Å². The number of nitrogens with zero attached hydrogens (tertiary/aromatic N) is 4. The number of hydrogen-bond donors (Lipinski definition) is 0. The van der Waals surface area contributed by atoms with E-state index >= 15 is 0 Å². The predicted octanol–water partition coefficient (Wildman–Crippen LogP) is 6.04. The van der Waals surface area contributed by atoms with Gasteiger partial charge in [0, 0.05) is 36.1 Å².